The maximum absolute atomic E-state index is 13.4. The van der Waals surface area contributed by atoms with E-state index in [0.717, 1.165) is 5.56 Å². The molecule has 1 aromatic carbocycles. The third kappa shape index (κ3) is 13.7. The number of nitrogens with two attached hydrogens (primary N) is 4. The summed E-state index contributed by atoms with van der Waals surface area (Å²) in [5.74, 6) is -3.74. The third-order valence-corrected chi connectivity index (χ3v) is 6.10. The predicted molar refractivity (Wildman–Crippen MR) is 146 cm³/mol. The summed E-state index contributed by atoms with van der Waals surface area (Å²) in [6, 6.07) is 4.57. The van der Waals surface area contributed by atoms with Gasteiger partial charge < -0.3 is 44.0 Å². The lowest BCUT2D eigenvalue weighted by Crippen LogP contribution is -2.57. The predicted octanol–water partition coefficient (Wildman–Crippen LogP) is -1.38. The first kappa shape index (κ1) is 33.5. The van der Waals surface area contributed by atoms with Crippen molar-refractivity contribution in [2.75, 3.05) is 13.1 Å². The molecule has 12 N–H and O–H groups in total. The first-order valence-electron chi connectivity index (χ1n) is 13.2. The molecular weight excluding hydrogens is 506 g/mol. The number of nitrogens with one attached hydrogen (secondary N) is 3. The van der Waals surface area contributed by atoms with Crippen LogP contribution in [0, 0.1) is 0 Å². The number of unbranched alkanes of at least 4 members (excludes halogenated alkanes) is 2. The van der Waals surface area contributed by atoms with Gasteiger partial charge in [-0.05, 0) is 63.6 Å². The van der Waals surface area contributed by atoms with Crippen molar-refractivity contribution in [2.45, 2.75) is 82.0 Å². The molecule has 4 unspecified atom stereocenters. The molecule has 0 spiro atoms. The molecule has 0 aliphatic heterocycles. The molecule has 4 amide bonds. The average molecular weight is 550 g/mol. The molecule has 0 saturated heterocycles. The topological polar surface area (TPSA) is 246 Å². The molecule has 1 aromatic rings. The molecule has 1 rings (SSSR count). The fraction of sp³-hybridized carbons (Fsp3) is 0.577. The number of aliphatic carboxylic acids is 1. The van der Waals surface area contributed by atoms with Gasteiger partial charge in [-0.3, -0.25) is 19.2 Å². The van der Waals surface area contributed by atoms with Gasteiger partial charge in [-0.25, -0.2) is 4.79 Å². The molecular formula is C26H43N7O6. The van der Waals surface area contributed by atoms with Crippen LogP contribution in [-0.4, -0.2) is 72.0 Å². The largest absolute Gasteiger partial charge is 0.480 e. The normalized spacial score (nSPS) is 13.9. The number of primary amides is 1. The van der Waals surface area contributed by atoms with E-state index in [9.17, 15) is 29.1 Å². The number of carboxylic acids is 1. The minimum Gasteiger partial charge on any atom is -0.480 e. The van der Waals surface area contributed by atoms with E-state index >= 15 is 0 Å². The Balaban J connectivity index is 3.06. The summed E-state index contributed by atoms with van der Waals surface area (Å²) in [6.45, 7) is 0.785. The van der Waals surface area contributed by atoms with Crippen molar-refractivity contribution in [1.29, 1.82) is 0 Å². The summed E-state index contributed by atoms with van der Waals surface area (Å²) in [5, 5.41) is 17.3. The van der Waals surface area contributed by atoms with Crippen molar-refractivity contribution >= 4 is 29.6 Å². The fourth-order valence-electron chi connectivity index (χ4n) is 3.82. The standard InChI is InChI=1S/C26H43N7O6/c27-14-6-4-10-19(24(36)32-20(26(38)39)11-5-7-15-28)31-25(37)21(16-17-8-2-1-3-9-17)33-23(35)18(29)12-13-22(30)34/h1-3,8-9,18-21H,4-7,10-16,27-29H2,(H2,30,34)(H,31,37)(H,32,36)(H,33,35)(H,38,39). The molecule has 13 nitrogen and oxygen atoms in total. The van der Waals surface area contributed by atoms with E-state index in [1.807, 2.05) is 0 Å². The van der Waals surface area contributed by atoms with Gasteiger partial charge in [0.15, 0.2) is 0 Å². The molecule has 218 valence electrons. The summed E-state index contributed by atoms with van der Waals surface area (Å²) in [7, 11) is 0. The lowest BCUT2D eigenvalue weighted by atomic mass is 10.0. The Hall–Kier alpha value is -3.55. The van der Waals surface area contributed by atoms with E-state index in [-0.39, 0.29) is 32.1 Å². The molecule has 4 atom stereocenters. The van der Waals surface area contributed by atoms with Gasteiger partial charge in [0.2, 0.25) is 23.6 Å². The second kappa shape index (κ2) is 18.7. The Morgan fingerprint density at radius 2 is 1.23 bits per heavy atom. The average Bonchev–Trinajstić information content (AvgIpc) is 2.90. The summed E-state index contributed by atoms with van der Waals surface area (Å²) in [4.78, 5) is 61.9. The molecule has 0 aromatic heterocycles. The van der Waals surface area contributed by atoms with Crippen LogP contribution in [0.25, 0.3) is 0 Å². The zero-order valence-corrected chi connectivity index (χ0v) is 22.3. The van der Waals surface area contributed by atoms with E-state index in [4.69, 9.17) is 22.9 Å². The molecule has 0 bridgehead atoms. The van der Waals surface area contributed by atoms with Crippen LogP contribution in [0.4, 0.5) is 0 Å². The minimum absolute atomic E-state index is 0.00565. The van der Waals surface area contributed by atoms with Crippen LogP contribution >= 0.6 is 0 Å². The third-order valence-electron chi connectivity index (χ3n) is 6.10. The van der Waals surface area contributed by atoms with Gasteiger partial charge in [0, 0.05) is 12.8 Å². The molecule has 0 aliphatic rings. The van der Waals surface area contributed by atoms with E-state index in [1.54, 1.807) is 30.3 Å². The van der Waals surface area contributed by atoms with Gasteiger partial charge in [0.1, 0.15) is 18.1 Å². The van der Waals surface area contributed by atoms with E-state index in [1.165, 1.54) is 0 Å². The number of benzene rings is 1. The summed E-state index contributed by atoms with van der Waals surface area (Å²) in [6.07, 6.45) is 2.65. The van der Waals surface area contributed by atoms with Crippen LogP contribution in [-0.2, 0) is 30.4 Å². The van der Waals surface area contributed by atoms with Gasteiger partial charge >= 0.3 is 5.97 Å². The van der Waals surface area contributed by atoms with Crippen LogP contribution in [0.5, 0.6) is 0 Å². The Bertz CT molecular complexity index is 931. The van der Waals surface area contributed by atoms with Crippen molar-refractivity contribution in [3.63, 3.8) is 0 Å². The van der Waals surface area contributed by atoms with Crippen molar-refractivity contribution < 1.29 is 29.1 Å². The zero-order chi connectivity index (χ0) is 29.2. The Morgan fingerprint density at radius 3 is 1.77 bits per heavy atom. The molecule has 0 radical (unpaired) electrons. The lowest BCUT2D eigenvalue weighted by Gasteiger charge is -2.25. The highest BCUT2D eigenvalue weighted by Gasteiger charge is 2.30. The first-order chi connectivity index (χ1) is 18.6. The van der Waals surface area contributed by atoms with Crippen LogP contribution in [0.1, 0.15) is 56.9 Å². The highest BCUT2D eigenvalue weighted by atomic mass is 16.4. The van der Waals surface area contributed by atoms with Gasteiger partial charge in [0.05, 0.1) is 6.04 Å². The first-order valence-corrected chi connectivity index (χ1v) is 13.2. The molecule has 0 saturated carbocycles. The number of carbonyl (C=O) groups excluding carboxylic acids is 4. The molecule has 0 fully saturated rings. The number of carbonyl (C=O) groups is 5. The highest BCUT2D eigenvalue weighted by Crippen LogP contribution is 2.08. The van der Waals surface area contributed by atoms with Gasteiger partial charge in [0.25, 0.3) is 0 Å². The van der Waals surface area contributed by atoms with Crippen LogP contribution in [0.2, 0.25) is 0 Å². The van der Waals surface area contributed by atoms with Gasteiger partial charge in [-0.1, -0.05) is 30.3 Å². The second-order valence-electron chi connectivity index (χ2n) is 9.39. The summed E-state index contributed by atoms with van der Waals surface area (Å²) < 4.78 is 0. The summed E-state index contributed by atoms with van der Waals surface area (Å²) >= 11 is 0. The Morgan fingerprint density at radius 1 is 0.718 bits per heavy atom. The van der Waals surface area contributed by atoms with Gasteiger partial charge in [-0.15, -0.1) is 0 Å². The van der Waals surface area contributed by atoms with E-state index in [2.05, 4.69) is 16.0 Å². The molecule has 13 heteroatoms. The number of rotatable bonds is 20. The van der Waals surface area contributed by atoms with Crippen molar-refractivity contribution in [3.8, 4) is 0 Å². The van der Waals surface area contributed by atoms with Crippen molar-refractivity contribution in [1.82, 2.24) is 16.0 Å². The highest BCUT2D eigenvalue weighted by molar-refractivity contribution is 5.94. The SMILES string of the molecule is NCCCCC(NC(=O)C(CCCCN)NC(=O)C(Cc1ccccc1)NC(=O)C(N)CCC(N)=O)C(=O)O. The number of hydrogen-bond acceptors (Lipinski definition) is 8. The van der Waals surface area contributed by atoms with E-state index in [0.29, 0.717) is 38.8 Å². The number of hydrogen-bond donors (Lipinski definition) is 8. The van der Waals surface area contributed by atoms with Crippen molar-refractivity contribution in [2.24, 2.45) is 22.9 Å². The molecule has 0 heterocycles. The zero-order valence-electron chi connectivity index (χ0n) is 22.3. The molecule has 0 aliphatic carbocycles. The Kier molecular flexibility index (Phi) is 16.0. The smallest absolute Gasteiger partial charge is 0.326 e. The van der Waals surface area contributed by atoms with Gasteiger partial charge in [-0.2, -0.15) is 0 Å². The monoisotopic (exact) mass is 549 g/mol. The molecule has 39 heavy (non-hydrogen) atoms. The maximum Gasteiger partial charge on any atom is 0.326 e. The van der Waals surface area contributed by atoms with Crippen LogP contribution in [0.3, 0.4) is 0 Å². The van der Waals surface area contributed by atoms with E-state index < -0.39 is 53.8 Å². The number of carboxylic acid groups (broad SMARTS) is 1. The maximum atomic E-state index is 13.4. The minimum atomic E-state index is -1.19. The Labute approximate surface area is 228 Å². The lowest BCUT2D eigenvalue weighted by molar-refractivity contribution is -0.142. The van der Waals surface area contributed by atoms with Crippen LogP contribution in [0.15, 0.2) is 30.3 Å². The second-order valence-corrected chi connectivity index (χ2v) is 9.39. The van der Waals surface area contributed by atoms with Crippen LogP contribution < -0.4 is 38.9 Å². The fourth-order valence-corrected chi connectivity index (χ4v) is 3.82. The number of amides is 4. The van der Waals surface area contributed by atoms with Crippen molar-refractivity contribution in [3.05, 3.63) is 35.9 Å². The summed E-state index contributed by atoms with van der Waals surface area (Å²) in [5.41, 5.74) is 22.8. The quantitative estimate of drug-likeness (QED) is 0.0891.